The molecule has 0 aromatic heterocycles. The van der Waals surface area contributed by atoms with Gasteiger partial charge in [0.15, 0.2) is 0 Å². The molecule has 6 heteroatoms. The summed E-state index contributed by atoms with van der Waals surface area (Å²) in [6.45, 7) is 3.42. The van der Waals surface area contributed by atoms with Gasteiger partial charge in [0.2, 0.25) is 6.10 Å². The lowest BCUT2D eigenvalue weighted by Crippen LogP contribution is -2.47. The molecule has 0 bridgehead atoms. The van der Waals surface area contributed by atoms with Gasteiger partial charge in [-0.2, -0.15) is 0 Å². The third-order valence-electron chi connectivity index (χ3n) is 3.69. The van der Waals surface area contributed by atoms with Crippen LogP contribution < -0.4 is 5.73 Å². The lowest BCUT2D eigenvalue weighted by molar-refractivity contribution is -0.147. The van der Waals surface area contributed by atoms with Crippen LogP contribution in [0.3, 0.4) is 0 Å². The number of nitrogens with two attached hydrogens (primary N) is 1. The molecule has 1 saturated heterocycles. The lowest BCUT2D eigenvalue weighted by atomic mass is 10.2. The highest BCUT2D eigenvalue weighted by Gasteiger charge is 2.34. The number of hydrogen-bond donors (Lipinski definition) is 1. The topological polar surface area (TPSA) is 81.9 Å². The second-order valence-electron chi connectivity index (χ2n) is 5.39. The van der Waals surface area contributed by atoms with Crippen molar-refractivity contribution in [2.75, 3.05) is 13.1 Å². The molecular formula is C16H22N2O4. The number of likely N-dealkylation sites (tertiary alicyclic amines) is 1. The van der Waals surface area contributed by atoms with Crippen LogP contribution in [-0.4, -0.2) is 42.2 Å². The van der Waals surface area contributed by atoms with Crippen molar-refractivity contribution in [3.05, 3.63) is 35.9 Å². The van der Waals surface area contributed by atoms with Crippen LogP contribution >= 0.6 is 0 Å². The van der Waals surface area contributed by atoms with E-state index in [1.165, 1.54) is 0 Å². The van der Waals surface area contributed by atoms with Gasteiger partial charge in [-0.25, -0.2) is 4.79 Å². The van der Waals surface area contributed by atoms with Crippen molar-refractivity contribution in [2.45, 2.75) is 38.6 Å². The predicted octanol–water partition coefficient (Wildman–Crippen LogP) is 1.68. The fourth-order valence-electron chi connectivity index (χ4n) is 2.48. The van der Waals surface area contributed by atoms with Crippen LogP contribution in [0.5, 0.6) is 0 Å². The molecule has 22 heavy (non-hydrogen) atoms. The van der Waals surface area contributed by atoms with Gasteiger partial charge in [0.25, 0.3) is 5.91 Å². The molecule has 0 saturated carbocycles. The Morgan fingerprint density at radius 2 is 1.86 bits per heavy atom. The fraction of sp³-hybridized carbons (Fsp3) is 0.500. The maximum absolute atomic E-state index is 12.4. The summed E-state index contributed by atoms with van der Waals surface area (Å²) in [6.07, 6.45) is -0.601. The summed E-state index contributed by atoms with van der Waals surface area (Å²) in [5, 5.41) is 0. The van der Waals surface area contributed by atoms with E-state index in [1.807, 2.05) is 30.3 Å². The number of ether oxygens (including phenoxy) is 2. The van der Waals surface area contributed by atoms with E-state index in [0.29, 0.717) is 19.7 Å². The molecule has 6 nitrogen and oxygen atoms in total. The number of benzene rings is 1. The van der Waals surface area contributed by atoms with Gasteiger partial charge in [0.05, 0.1) is 6.61 Å². The Labute approximate surface area is 130 Å². The minimum atomic E-state index is -1.00. The smallest absolute Gasteiger partial charge is 0.405 e. The summed E-state index contributed by atoms with van der Waals surface area (Å²) in [5.41, 5.74) is 6.07. The molecule has 0 aliphatic carbocycles. The molecule has 0 spiro atoms. The van der Waals surface area contributed by atoms with Crippen molar-refractivity contribution in [1.29, 1.82) is 0 Å². The highest BCUT2D eigenvalue weighted by molar-refractivity contribution is 5.84. The molecule has 1 aromatic rings. The van der Waals surface area contributed by atoms with Crippen LogP contribution in [-0.2, 0) is 20.9 Å². The Balaban J connectivity index is 1.97. The van der Waals surface area contributed by atoms with Gasteiger partial charge in [-0.3, -0.25) is 4.79 Å². The van der Waals surface area contributed by atoms with E-state index in [2.05, 4.69) is 0 Å². The minimum absolute atomic E-state index is 0.239. The third kappa shape index (κ3) is 4.46. The van der Waals surface area contributed by atoms with E-state index in [4.69, 9.17) is 15.2 Å². The first-order chi connectivity index (χ1) is 10.6. The first kappa shape index (κ1) is 16.3. The molecular weight excluding hydrogens is 284 g/mol. The highest BCUT2D eigenvalue weighted by Crippen LogP contribution is 2.15. The minimum Gasteiger partial charge on any atom is -0.433 e. The van der Waals surface area contributed by atoms with E-state index in [-0.39, 0.29) is 5.91 Å². The van der Waals surface area contributed by atoms with Gasteiger partial charge >= 0.3 is 6.09 Å². The van der Waals surface area contributed by atoms with E-state index in [9.17, 15) is 9.59 Å². The van der Waals surface area contributed by atoms with Gasteiger partial charge in [0, 0.05) is 13.1 Å². The maximum Gasteiger partial charge on any atom is 0.405 e. The number of rotatable bonds is 6. The lowest BCUT2D eigenvalue weighted by Gasteiger charge is -2.27. The number of carbonyl (C=O) groups excluding carboxylic acids is 2. The van der Waals surface area contributed by atoms with Crippen molar-refractivity contribution in [1.82, 2.24) is 4.90 Å². The van der Waals surface area contributed by atoms with Crippen molar-refractivity contribution in [2.24, 2.45) is 5.73 Å². The fourth-order valence-corrected chi connectivity index (χ4v) is 2.48. The van der Waals surface area contributed by atoms with Crippen molar-refractivity contribution in [3.63, 3.8) is 0 Å². The zero-order valence-corrected chi connectivity index (χ0v) is 12.7. The van der Waals surface area contributed by atoms with Crippen LogP contribution in [0.2, 0.25) is 0 Å². The number of nitrogens with zero attached hydrogens (tertiary/aromatic N) is 1. The van der Waals surface area contributed by atoms with E-state index in [1.54, 1.807) is 11.8 Å². The van der Waals surface area contributed by atoms with Crippen LogP contribution in [0.15, 0.2) is 30.3 Å². The second kappa shape index (κ2) is 7.79. The van der Waals surface area contributed by atoms with E-state index >= 15 is 0 Å². The second-order valence-corrected chi connectivity index (χ2v) is 5.39. The third-order valence-corrected chi connectivity index (χ3v) is 3.69. The number of hydrogen-bond acceptors (Lipinski definition) is 4. The molecule has 2 N–H and O–H groups in total. The Bertz CT molecular complexity index is 500. The Hall–Kier alpha value is -2.08. The van der Waals surface area contributed by atoms with Crippen LogP contribution in [0.4, 0.5) is 4.79 Å². The molecule has 2 rings (SSSR count). The summed E-state index contributed by atoms with van der Waals surface area (Å²) in [4.78, 5) is 25.2. The van der Waals surface area contributed by atoms with E-state index in [0.717, 1.165) is 18.4 Å². The number of carbonyl (C=O) groups is 2. The molecule has 1 heterocycles. The first-order valence-electron chi connectivity index (χ1n) is 7.48. The highest BCUT2D eigenvalue weighted by atomic mass is 16.6. The van der Waals surface area contributed by atoms with Crippen LogP contribution in [0.25, 0.3) is 0 Å². The monoisotopic (exact) mass is 306 g/mol. The molecule has 1 fully saturated rings. The zero-order valence-electron chi connectivity index (χ0n) is 12.7. The van der Waals surface area contributed by atoms with Crippen molar-refractivity contribution >= 4 is 12.0 Å². The average Bonchev–Trinajstić information content (AvgIpc) is 3.05. The Kier molecular flexibility index (Phi) is 5.77. The number of primary amides is 1. The summed E-state index contributed by atoms with van der Waals surface area (Å²) < 4.78 is 10.7. The molecule has 2 amide bonds. The van der Waals surface area contributed by atoms with Gasteiger partial charge in [-0.15, -0.1) is 0 Å². The van der Waals surface area contributed by atoms with Crippen LogP contribution in [0, 0.1) is 0 Å². The van der Waals surface area contributed by atoms with Crippen molar-refractivity contribution < 1.29 is 19.1 Å². The molecule has 120 valence electrons. The molecule has 1 aromatic carbocycles. The quantitative estimate of drug-likeness (QED) is 0.867. The standard InChI is InChI=1S/C16H22N2O4/c1-12(21-11-13-7-3-2-4-8-13)14(22-16(17)20)15(19)18-9-5-6-10-18/h2-4,7-8,12,14H,5-6,9-11H2,1H3,(H2,17,20)/t12-,14+/m1/s1. The van der Waals surface area contributed by atoms with Crippen LogP contribution in [0.1, 0.15) is 25.3 Å². The summed E-state index contributed by atoms with van der Waals surface area (Å²) in [6, 6.07) is 9.60. The summed E-state index contributed by atoms with van der Waals surface area (Å²) in [7, 11) is 0. The molecule has 0 radical (unpaired) electrons. The normalized spacial score (nSPS) is 17.0. The maximum atomic E-state index is 12.4. The largest absolute Gasteiger partial charge is 0.433 e. The summed E-state index contributed by atoms with van der Waals surface area (Å²) >= 11 is 0. The Morgan fingerprint density at radius 3 is 2.45 bits per heavy atom. The van der Waals surface area contributed by atoms with Gasteiger partial charge < -0.3 is 20.1 Å². The first-order valence-corrected chi connectivity index (χ1v) is 7.48. The number of amides is 2. The van der Waals surface area contributed by atoms with E-state index < -0.39 is 18.3 Å². The Morgan fingerprint density at radius 1 is 1.23 bits per heavy atom. The molecule has 1 aliphatic heterocycles. The molecule has 0 unspecified atom stereocenters. The molecule has 2 atom stereocenters. The van der Waals surface area contributed by atoms with Gasteiger partial charge in [-0.05, 0) is 25.3 Å². The predicted molar refractivity (Wildman–Crippen MR) is 81.0 cm³/mol. The summed E-state index contributed by atoms with van der Waals surface area (Å²) in [5.74, 6) is -0.239. The van der Waals surface area contributed by atoms with Gasteiger partial charge in [0.1, 0.15) is 6.10 Å². The van der Waals surface area contributed by atoms with Gasteiger partial charge in [-0.1, -0.05) is 30.3 Å². The average molecular weight is 306 g/mol. The molecule has 1 aliphatic rings. The van der Waals surface area contributed by atoms with Crippen molar-refractivity contribution in [3.8, 4) is 0 Å². The SMILES string of the molecule is C[C@@H](OCc1ccccc1)[C@H](OC(N)=O)C(=O)N1CCCC1. The zero-order chi connectivity index (χ0) is 15.9.